The van der Waals surface area contributed by atoms with E-state index in [4.69, 9.17) is 4.42 Å². The molecule has 8 nitrogen and oxygen atoms in total. The zero-order valence-electron chi connectivity index (χ0n) is 14.8. The Morgan fingerprint density at radius 1 is 1.30 bits per heavy atom. The van der Waals surface area contributed by atoms with Crippen LogP contribution in [0.1, 0.15) is 21.7 Å². The number of nitrogens with one attached hydrogen (secondary N) is 1. The van der Waals surface area contributed by atoms with Gasteiger partial charge in [-0.05, 0) is 19.1 Å². The van der Waals surface area contributed by atoms with Crippen LogP contribution in [0.25, 0.3) is 16.8 Å². The van der Waals surface area contributed by atoms with Gasteiger partial charge in [0.2, 0.25) is 5.71 Å². The number of aryl methyl sites for hydroxylation is 1. The monoisotopic (exact) mass is 363 g/mol. The number of carbonyl (C=O) groups is 1. The molecule has 0 atom stereocenters. The van der Waals surface area contributed by atoms with E-state index in [0.29, 0.717) is 12.3 Å². The number of amides is 1. The predicted molar refractivity (Wildman–Crippen MR) is 98.7 cm³/mol. The Morgan fingerprint density at radius 3 is 2.85 bits per heavy atom. The molecule has 4 aromatic rings. The molecule has 8 heteroatoms. The van der Waals surface area contributed by atoms with Gasteiger partial charge in [0.15, 0.2) is 0 Å². The molecular formula is C19H17N5O3. The highest BCUT2D eigenvalue weighted by atomic mass is 16.3. The Kier molecular flexibility index (Phi) is 4.08. The lowest BCUT2D eigenvalue weighted by atomic mass is 10.1. The quantitative estimate of drug-likeness (QED) is 0.600. The Bertz CT molecular complexity index is 1170. The second-order valence-corrected chi connectivity index (χ2v) is 6.23. The van der Waals surface area contributed by atoms with E-state index in [9.17, 15) is 9.59 Å². The van der Waals surface area contributed by atoms with E-state index in [1.807, 2.05) is 36.5 Å². The fraction of sp³-hybridized carbons (Fsp3) is 0.158. The van der Waals surface area contributed by atoms with Crippen molar-refractivity contribution in [3.05, 3.63) is 76.3 Å². The van der Waals surface area contributed by atoms with Crippen LogP contribution in [0.3, 0.4) is 0 Å². The number of hydrogen-bond donors (Lipinski definition) is 1. The topological polar surface area (TPSA) is 97.0 Å². The van der Waals surface area contributed by atoms with Crippen LogP contribution in [0.2, 0.25) is 0 Å². The van der Waals surface area contributed by atoms with Gasteiger partial charge in [-0.15, -0.1) is 0 Å². The third-order valence-corrected chi connectivity index (χ3v) is 4.31. The number of para-hydroxylation sites is 1. The van der Waals surface area contributed by atoms with E-state index in [2.05, 4.69) is 15.1 Å². The van der Waals surface area contributed by atoms with Crippen molar-refractivity contribution in [2.45, 2.75) is 13.5 Å². The summed E-state index contributed by atoms with van der Waals surface area (Å²) in [6.45, 7) is 1.99. The number of rotatable bonds is 4. The molecule has 0 bridgehead atoms. The SMILES string of the molecule is Cc1oc2nc[nH]c(=O)c2c1C(=O)N(C)Cc1cnn(-c2ccccc2)c1. The summed E-state index contributed by atoms with van der Waals surface area (Å²) >= 11 is 0. The van der Waals surface area contributed by atoms with E-state index < -0.39 is 5.56 Å². The summed E-state index contributed by atoms with van der Waals surface area (Å²) in [4.78, 5) is 33.0. The standard InChI is InChI=1S/C19H17N5O3/c1-12-15(16-17(25)20-11-21-18(16)27-12)19(26)23(2)9-13-8-22-24(10-13)14-6-4-3-5-7-14/h3-8,10-11H,9H2,1-2H3,(H,20,21,25). The number of hydrogen-bond acceptors (Lipinski definition) is 5. The Hall–Kier alpha value is -3.68. The van der Waals surface area contributed by atoms with Crippen molar-refractivity contribution in [3.63, 3.8) is 0 Å². The van der Waals surface area contributed by atoms with Crippen molar-refractivity contribution >= 4 is 17.0 Å². The van der Waals surface area contributed by atoms with E-state index in [0.717, 1.165) is 11.3 Å². The van der Waals surface area contributed by atoms with Crippen molar-refractivity contribution < 1.29 is 9.21 Å². The number of carbonyl (C=O) groups excluding carboxylic acids is 1. The van der Waals surface area contributed by atoms with E-state index in [1.54, 1.807) is 24.9 Å². The van der Waals surface area contributed by atoms with Crippen molar-refractivity contribution in [1.29, 1.82) is 0 Å². The van der Waals surface area contributed by atoms with Crippen molar-refractivity contribution in [2.75, 3.05) is 7.05 Å². The molecule has 0 fully saturated rings. The van der Waals surface area contributed by atoms with Gasteiger partial charge in [0, 0.05) is 25.4 Å². The number of aromatic amines is 1. The molecule has 0 saturated carbocycles. The molecule has 1 amide bonds. The lowest BCUT2D eigenvalue weighted by Gasteiger charge is -2.15. The maximum Gasteiger partial charge on any atom is 0.262 e. The van der Waals surface area contributed by atoms with Crippen molar-refractivity contribution in [2.24, 2.45) is 0 Å². The summed E-state index contributed by atoms with van der Waals surface area (Å²) in [6.07, 6.45) is 4.84. The molecule has 1 N–H and O–H groups in total. The average molecular weight is 363 g/mol. The van der Waals surface area contributed by atoms with Gasteiger partial charge in [0.05, 0.1) is 23.8 Å². The van der Waals surface area contributed by atoms with E-state index in [1.165, 1.54) is 11.2 Å². The third-order valence-electron chi connectivity index (χ3n) is 4.31. The van der Waals surface area contributed by atoms with E-state index >= 15 is 0 Å². The van der Waals surface area contributed by atoms with Crippen LogP contribution < -0.4 is 5.56 Å². The molecule has 0 aliphatic rings. The number of nitrogens with zero attached hydrogens (tertiary/aromatic N) is 4. The molecule has 3 heterocycles. The summed E-state index contributed by atoms with van der Waals surface area (Å²) in [5, 5.41) is 4.51. The largest absolute Gasteiger partial charge is 0.442 e. The van der Waals surface area contributed by atoms with Gasteiger partial charge in [-0.3, -0.25) is 9.59 Å². The van der Waals surface area contributed by atoms with Crippen LogP contribution in [0.15, 0.2) is 58.3 Å². The van der Waals surface area contributed by atoms with Crippen LogP contribution in [-0.2, 0) is 6.54 Å². The highest BCUT2D eigenvalue weighted by Crippen LogP contribution is 2.22. The molecule has 0 saturated heterocycles. The lowest BCUT2D eigenvalue weighted by molar-refractivity contribution is 0.0785. The summed E-state index contributed by atoms with van der Waals surface area (Å²) in [5.41, 5.74) is 1.80. The summed E-state index contributed by atoms with van der Waals surface area (Å²) < 4.78 is 7.22. The molecule has 0 aliphatic carbocycles. The van der Waals surface area contributed by atoms with Gasteiger partial charge in [0.25, 0.3) is 11.5 Å². The van der Waals surface area contributed by atoms with Gasteiger partial charge < -0.3 is 14.3 Å². The predicted octanol–water partition coefficient (Wildman–Crippen LogP) is 2.28. The van der Waals surface area contributed by atoms with Gasteiger partial charge in [-0.25, -0.2) is 9.67 Å². The molecular weight excluding hydrogens is 346 g/mol. The number of fused-ring (bicyclic) bond motifs is 1. The Morgan fingerprint density at radius 2 is 2.07 bits per heavy atom. The van der Waals surface area contributed by atoms with Crippen LogP contribution >= 0.6 is 0 Å². The zero-order valence-corrected chi connectivity index (χ0v) is 14.8. The normalized spacial score (nSPS) is 11.0. The molecule has 0 aliphatic heterocycles. The second-order valence-electron chi connectivity index (χ2n) is 6.23. The van der Waals surface area contributed by atoms with Crippen LogP contribution in [-0.4, -0.2) is 37.6 Å². The molecule has 1 aromatic carbocycles. The third kappa shape index (κ3) is 3.01. The first kappa shape index (κ1) is 16.8. The average Bonchev–Trinajstić information content (AvgIpc) is 3.26. The first-order valence-corrected chi connectivity index (χ1v) is 8.36. The minimum atomic E-state index is -0.398. The highest BCUT2D eigenvalue weighted by molar-refractivity contribution is 6.06. The number of furan rings is 1. The van der Waals surface area contributed by atoms with E-state index in [-0.39, 0.29) is 22.6 Å². The first-order valence-electron chi connectivity index (χ1n) is 8.36. The molecule has 3 aromatic heterocycles. The molecule has 27 heavy (non-hydrogen) atoms. The lowest BCUT2D eigenvalue weighted by Crippen LogP contribution is -2.27. The molecule has 4 rings (SSSR count). The van der Waals surface area contributed by atoms with Crippen LogP contribution in [0.4, 0.5) is 0 Å². The smallest absolute Gasteiger partial charge is 0.262 e. The van der Waals surface area contributed by atoms with Gasteiger partial charge >= 0.3 is 0 Å². The first-order chi connectivity index (χ1) is 13.0. The summed E-state index contributed by atoms with van der Waals surface area (Å²) in [7, 11) is 1.67. The summed E-state index contributed by atoms with van der Waals surface area (Å²) in [5.74, 6) is 0.0586. The number of benzene rings is 1. The maximum absolute atomic E-state index is 12.9. The molecule has 0 unspecified atom stereocenters. The minimum Gasteiger partial charge on any atom is -0.442 e. The fourth-order valence-corrected chi connectivity index (χ4v) is 3.01. The van der Waals surface area contributed by atoms with Gasteiger partial charge in [0.1, 0.15) is 11.1 Å². The van der Waals surface area contributed by atoms with Gasteiger partial charge in [-0.1, -0.05) is 18.2 Å². The Balaban J connectivity index is 1.60. The Labute approximate surface area is 154 Å². The highest BCUT2D eigenvalue weighted by Gasteiger charge is 2.24. The summed E-state index contributed by atoms with van der Waals surface area (Å²) in [6, 6.07) is 9.71. The number of aromatic nitrogens is 4. The molecule has 0 spiro atoms. The minimum absolute atomic E-state index is 0.157. The van der Waals surface area contributed by atoms with Gasteiger partial charge in [-0.2, -0.15) is 5.10 Å². The van der Waals surface area contributed by atoms with Crippen molar-refractivity contribution in [1.82, 2.24) is 24.6 Å². The van der Waals surface area contributed by atoms with Crippen LogP contribution in [0.5, 0.6) is 0 Å². The second kappa shape index (κ2) is 6.56. The van der Waals surface area contributed by atoms with Crippen LogP contribution in [0, 0.1) is 6.92 Å². The van der Waals surface area contributed by atoms with Crippen molar-refractivity contribution in [3.8, 4) is 5.69 Å². The fourth-order valence-electron chi connectivity index (χ4n) is 3.01. The molecule has 0 radical (unpaired) electrons. The molecule has 136 valence electrons. The number of H-pyrrole nitrogens is 1. The zero-order chi connectivity index (χ0) is 19.0. The maximum atomic E-state index is 12.9.